The van der Waals surface area contributed by atoms with Crippen molar-refractivity contribution in [1.29, 1.82) is 0 Å². The molecule has 0 bridgehead atoms. The van der Waals surface area contributed by atoms with Crippen LogP contribution in [-0.4, -0.2) is 24.4 Å². The van der Waals surface area contributed by atoms with Crippen molar-refractivity contribution in [2.75, 3.05) is 19.3 Å². The van der Waals surface area contributed by atoms with Crippen LogP contribution in [0.25, 0.3) is 0 Å². The highest BCUT2D eigenvalue weighted by Gasteiger charge is 2.25. The van der Waals surface area contributed by atoms with E-state index in [-0.39, 0.29) is 5.91 Å². The summed E-state index contributed by atoms with van der Waals surface area (Å²) in [4.78, 5) is 13.8. The monoisotopic (exact) mass is 282 g/mol. The fourth-order valence-corrected chi connectivity index (χ4v) is 2.03. The fourth-order valence-electron chi connectivity index (χ4n) is 1.65. The number of halogens is 1. The van der Waals surface area contributed by atoms with Crippen LogP contribution in [0.15, 0.2) is 22.7 Å². The molecule has 1 aromatic carbocycles. The highest BCUT2D eigenvalue weighted by molar-refractivity contribution is 9.10. The Kier molecular flexibility index (Phi) is 3.19. The maximum Gasteiger partial charge on any atom is 0.253 e. The van der Waals surface area contributed by atoms with E-state index < -0.39 is 0 Å². The van der Waals surface area contributed by atoms with Gasteiger partial charge in [-0.05, 0) is 52.9 Å². The first-order valence-corrected chi connectivity index (χ1v) is 6.17. The molecule has 0 spiro atoms. The molecule has 3 nitrogen and oxygen atoms in total. The van der Waals surface area contributed by atoms with Gasteiger partial charge in [-0.2, -0.15) is 0 Å². The summed E-state index contributed by atoms with van der Waals surface area (Å²) in [7, 11) is 1.85. The molecule has 0 radical (unpaired) electrons. The fraction of sp³-hybridized carbons (Fsp3) is 0.417. The van der Waals surface area contributed by atoms with Gasteiger partial charge in [0.2, 0.25) is 0 Å². The molecule has 1 amide bonds. The van der Waals surface area contributed by atoms with Gasteiger partial charge in [0, 0.05) is 29.3 Å². The van der Waals surface area contributed by atoms with E-state index in [1.54, 1.807) is 23.1 Å². The first-order chi connectivity index (χ1) is 7.58. The minimum Gasteiger partial charge on any atom is -0.398 e. The molecule has 0 atom stereocenters. The van der Waals surface area contributed by atoms with E-state index in [9.17, 15) is 4.79 Å². The number of anilines is 1. The first kappa shape index (κ1) is 11.5. The van der Waals surface area contributed by atoms with Gasteiger partial charge in [0.15, 0.2) is 0 Å². The third-order valence-corrected chi connectivity index (χ3v) is 3.51. The molecule has 16 heavy (non-hydrogen) atoms. The van der Waals surface area contributed by atoms with Crippen LogP contribution in [0.3, 0.4) is 0 Å². The highest BCUT2D eigenvalue weighted by Crippen LogP contribution is 2.30. The summed E-state index contributed by atoms with van der Waals surface area (Å²) < 4.78 is 0.776. The highest BCUT2D eigenvalue weighted by atomic mass is 79.9. The predicted octanol–water partition coefficient (Wildman–Crippen LogP) is 2.51. The maximum absolute atomic E-state index is 12.0. The third-order valence-electron chi connectivity index (χ3n) is 2.82. The van der Waals surface area contributed by atoms with Gasteiger partial charge < -0.3 is 10.6 Å². The van der Waals surface area contributed by atoms with Crippen LogP contribution in [0.1, 0.15) is 23.2 Å². The summed E-state index contributed by atoms with van der Waals surface area (Å²) in [5, 5.41) is 0. The summed E-state index contributed by atoms with van der Waals surface area (Å²) in [6, 6.07) is 5.30. The molecule has 0 saturated heterocycles. The standard InChI is InChI=1S/C12H15BrN2O/c1-15(7-8-2-3-8)12(16)9-4-5-11(14)10(13)6-9/h4-6,8H,2-3,7,14H2,1H3. The Morgan fingerprint density at radius 2 is 2.25 bits per heavy atom. The lowest BCUT2D eigenvalue weighted by atomic mass is 10.2. The predicted molar refractivity (Wildman–Crippen MR) is 68.2 cm³/mol. The molecule has 1 saturated carbocycles. The zero-order valence-electron chi connectivity index (χ0n) is 9.24. The molecule has 0 aliphatic heterocycles. The second-order valence-corrected chi connectivity index (χ2v) is 5.22. The first-order valence-electron chi connectivity index (χ1n) is 5.38. The van der Waals surface area contributed by atoms with E-state index in [1.807, 2.05) is 7.05 Å². The van der Waals surface area contributed by atoms with E-state index in [1.165, 1.54) is 12.8 Å². The summed E-state index contributed by atoms with van der Waals surface area (Å²) in [6.45, 7) is 0.862. The second kappa shape index (κ2) is 4.45. The van der Waals surface area contributed by atoms with Gasteiger partial charge in [0.05, 0.1) is 0 Å². The van der Waals surface area contributed by atoms with Crippen LogP contribution in [0, 0.1) is 5.92 Å². The molecule has 86 valence electrons. The number of nitrogens with zero attached hydrogens (tertiary/aromatic N) is 1. The Bertz CT molecular complexity index is 415. The van der Waals surface area contributed by atoms with Crippen molar-refractivity contribution in [3.8, 4) is 0 Å². The van der Waals surface area contributed by atoms with Crippen molar-refractivity contribution >= 4 is 27.5 Å². The maximum atomic E-state index is 12.0. The average molecular weight is 283 g/mol. The number of benzene rings is 1. The number of hydrogen-bond acceptors (Lipinski definition) is 2. The van der Waals surface area contributed by atoms with Crippen molar-refractivity contribution in [3.05, 3.63) is 28.2 Å². The van der Waals surface area contributed by atoms with Gasteiger partial charge in [-0.25, -0.2) is 0 Å². The molecule has 4 heteroatoms. The molecular formula is C12H15BrN2O. The van der Waals surface area contributed by atoms with Gasteiger partial charge in [0.1, 0.15) is 0 Å². The minimum atomic E-state index is 0.0626. The van der Waals surface area contributed by atoms with Crippen molar-refractivity contribution in [2.45, 2.75) is 12.8 Å². The van der Waals surface area contributed by atoms with Crippen LogP contribution < -0.4 is 5.73 Å². The number of hydrogen-bond donors (Lipinski definition) is 1. The molecule has 2 rings (SSSR count). The van der Waals surface area contributed by atoms with E-state index in [2.05, 4.69) is 15.9 Å². The molecule has 1 aromatic rings. The van der Waals surface area contributed by atoms with Gasteiger partial charge in [-0.1, -0.05) is 0 Å². The number of nitrogens with two attached hydrogens (primary N) is 1. The number of carbonyl (C=O) groups is 1. The van der Waals surface area contributed by atoms with E-state index >= 15 is 0 Å². The van der Waals surface area contributed by atoms with Crippen molar-refractivity contribution in [1.82, 2.24) is 4.90 Å². The molecular weight excluding hydrogens is 268 g/mol. The van der Waals surface area contributed by atoms with Crippen LogP contribution in [0.5, 0.6) is 0 Å². The Morgan fingerprint density at radius 1 is 1.56 bits per heavy atom. The zero-order chi connectivity index (χ0) is 11.7. The summed E-state index contributed by atoms with van der Waals surface area (Å²) in [6.07, 6.45) is 2.51. The van der Waals surface area contributed by atoms with E-state index in [0.717, 1.165) is 11.0 Å². The lowest BCUT2D eigenvalue weighted by molar-refractivity contribution is 0.0788. The molecule has 1 aliphatic carbocycles. The summed E-state index contributed by atoms with van der Waals surface area (Å²) in [5.41, 5.74) is 7.02. The van der Waals surface area contributed by atoms with Gasteiger partial charge in [-0.15, -0.1) is 0 Å². The van der Waals surface area contributed by atoms with Crippen LogP contribution >= 0.6 is 15.9 Å². The zero-order valence-corrected chi connectivity index (χ0v) is 10.8. The number of carbonyl (C=O) groups excluding carboxylic acids is 1. The largest absolute Gasteiger partial charge is 0.398 e. The SMILES string of the molecule is CN(CC1CC1)C(=O)c1ccc(N)c(Br)c1. The van der Waals surface area contributed by atoms with Crippen LogP contribution in [0.2, 0.25) is 0 Å². The normalized spacial score (nSPS) is 14.9. The van der Waals surface area contributed by atoms with Gasteiger partial charge >= 0.3 is 0 Å². The van der Waals surface area contributed by atoms with E-state index in [4.69, 9.17) is 5.73 Å². The van der Waals surface area contributed by atoms with E-state index in [0.29, 0.717) is 17.2 Å². The van der Waals surface area contributed by atoms with Gasteiger partial charge in [-0.3, -0.25) is 4.79 Å². The Morgan fingerprint density at radius 3 is 2.81 bits per heavy atom. The lowest BCUT2D eigenvalue weighted by Crippen LogP contribution is -2.28. The van der Waals surface area contributed by atoms with Crippen molar-refractivity contribution in [2.24, 2.45) is 5.92 Å². The van der Waals surface area contributed by atoms with Gasteiger partial charge in [0.25, 0.3) is 5.91 Å². The molecule has 2 N–H and O–H groups in total. The molecule has 1 aliphatic rings. The lowest BCUT2D eigenvalue weighted by Gasteiger charge is -2.17. The van der Waals surface area contributed by atoms with Crippen LogP contribution in [-0.2, 0) is 0 Å². The topological polar surface area (TPSA) is 46.3 Å². The van der Waals surface area contributed by atoms with Crippen molar-refractivity contribution in [3.63, 3.8) is 0 Å². The van der Waals surface area contributed by atoms with Crippen molar-refractivity contribution < 1.29 is 4.79 Å². The smallest absolute Gasteiger partial charge is 0.253 e. The molecule has 0 aromatic heterocycles. The number of nitrogen functional groups attached to an aromatic ring is 1. The molecule has 0 heterocycles. The number of rotatable bonds is 3. The quantitative estimate of drug-likeness (QED) is 0.866. The Hall–Kier alpha value is -1.03. The number of amides is 1. The molecule has 0 unspecified atom stereocenters. The van der Waals surface area contributed by atoms with Crippen LogP contribution in [0.4, 0.5) is 5.69 Å². The summed E-state index contributed by atoms with van der Waals surface area (Å²) in [5.74, 6) is 0.777. The average Bonchev–Trinajstić information content (AvgIpc) is 3.05. The second-order valence-electron chi connectivity index (χ2n) is 4.37. The summed E-state index contributed by atoms with van der Waals surface area (Å²) >= 11 is 3.33. The Labute approximate surface area is 104 Å². The Balaban J connectivity index is 2.09. The molecule has 1 fully saturated rings. The third kappa shape index (κ3) is 2.55. The minimum absolute atomic E-state index is 0.0626.